The number of halogens is 2. The Bertz CT molecular complexity index is 667. The molecule has 0 heterocycles. The van der Waals surface area contributed by atoms with Crippen LogP contribution in [0, 0.1) is 12.7 Å². The molecule has 0 atom stereocenters. The lowest BCUT2D eigenvalue weighted by Gasteiger charge is -2.05. The fourth-order valence-electron chi connectivity index (χ4n) is 1.67. The third kappa shape index (κ3) is 3.78. The first-order chi connectivity index (χ1) is 9.56. The average Bonchev–Trinajstić information content (AvgIpc) is 2.41. The molecule has 0 saturated carbocycles. The summed E-state index contributed by atoms with van der Waals surface area (Å²) in [7, 11) is 0. The van der Waals surface area contributed by atoms with Gasteiger partial charge in [-0.2, -0.15) is 0 Å². The zero-order valence-corrected chi connectivity index (χ0v) is 12.4. The first-order valence-corrected chi connectivity index (χ1v) is 6.85. The van der Waals surface area contributed by atoms with Crippen LogP contribution in [-0.2, 0) is 4.79 Å². The summed E-state index contributed by atoms with van der Waals surface area (Å²) in [6.45, 7) is 1.97. The minimum Gasteiger partial charge on any atom is -0.321 e. The number of aryl methyl sites for hydroxylation is 1. The number of hydrogen-bond acceptors (Lipinski definition) is 1. The van der Waals surface area contributed by atoms with Crippen molar-refractivity contribution in [2.45, 2.75) is 6.92 Å². The monoisotopic (exact) mass is 333 g/mol. The smallest absolute Gasteiger partial charge is 0.248 e. The predicted octanol–water partition coefficient (Wildman–Crippen LogP) is 4.55. The molecule has 2 aromatic carbocycles. The molecule has 0 aliphatic rings. The van der Waals surface area contributed by atoms with Gasteiger partial charge < -0.3 is 5.32 Å². The van der Waals surface area contributed by atoms with E-state index in [4.69, 9.17) is 0 Å². The lowest BCUT2D eigenvalue weighted by atomic mass is 10.2. The van der Waals surface area contributed by atoms with E-state index in [1.54, 1.807) is 18.2 Å². The molecule has 102 valence electrons. The summed E-state index contributed by atoms with van der Waals surface area (Å²) in [5, 5.41) is 2.73. The Morgan fingerprint density at radius 1 is 1.25 bits per heavy atom. The number of carbonyl (C=O) groups excluding carboxylic acids is 1. The van der Waals surface area contributed by atoms with Gasteiger partial charge in [0.1, 0.15) is 5.82 Å². The Balaban J connectivity index is 2.08. The van der Waals surface area contributed by atoms with Gasteiger partial charge in [-0.15, -0.1) is 0 Å². The van der Waals surface area contributed by atoms with Gasteiger partial charge in [-0.25, -0.2) is 4.39 Å². The molecule has 1 N–H and O–H groups in total. The van der Waals surface area contributed by atoms with Gasteiger partial charge in [-0.1, -0.05) is 24.3 Å². The largest absolute Gasteiger partial charge is 0.321 e. The van der Waals surface area contributed by atoms with Crippen LogP contribution in [0.3, 0.4) is 0 Å². The highest BCUT2D eigenvalue weighted by Crippen LogP contribution is 2.23. The van der Waals surface area contributed by atoms with Crippen LogP contribution in [0.25, 0.3) is 6.08 Å². The number of benzene rings is 2. The second-order valence-corrected chi connectivity index (χ2v) is 5.18. The Hall–Kier alpha value is -1.94. The molecule has 2 rings (SSSR count). The molecule has 0 aliphatic heterocycles. The zero-order chi connectivity index (χ0) is 14.5. The van der Waals surface area contributed by atoms with E-state index in [1.807, 2.05) is 25.1 Å². The Morgan fingerprint density at radius 2 is 2.00 bits per heavy atom. The molecule has 0 bridgehead atoms. The summed E-state index contributed by atoms with van der Waals surface area (Å²) in [6, 6.07) is 11.9. The van der Waals surface area contributed by atoms with Crippen molar-refractivity contribution in [3.8, 4) is 0 Å². The lowest BCUT2D eigenvalue weighted by Crippen LogP contribution is -2.08. The molecule has 0 fully saturated rings. The first-order valence-electron chi connectivity index (χ1n) is 6.06. The van der Waals surface area contributed by atoms with Gasteiger partial charge in [-0.05, 0) is 52.7 Å². The number of nitrogens with one attached hydrogen (secondary N) is 1. The fraction of sp³-hybridized carbons (Fsp3) is 0.0625. The molecule has 0 aromatic heterocycles. The SMILES string of the molecule is Cc1ccc(NC(=O)/C=C/c2ccccc2F)c(Br)c1. The molecule has 0 spiro atoms. The van der Waals surface area contributed by atoms with E-state index < -0.39 is 0 Å². The van der Waals surface area contributed by atoms with E-state index in [-0.39, 0.29) is 11.7 Å². The van der Waals surface area contributed by atoms with Crippen LogP contribution in [0.1, 0.15) is 11.1 Å². The van der Waals surface area contributed by atoms with Crippen LogP contribution in [0.15, 0.2) is 53.0 Å². The van der Waals surface area contributed by atoms with Crippen molar-refractivity contribution < 1.29 is 9.18 Å². The highest BCUT2D eigenvalue weighted by Gasteiger charge is 2.03. The summed E-state index contributed by atoms with van der Waals surface area (Å²) < 4.78 is 14.2. The van der Waals surface area contributed by atoms with E-state index in [1.165, 1.54) is 18.2 Å². The van der Waals surface area contributed by atoms with Crippen molar-refractivity contribution in [3.63, 3.8) is 0 Å². The number of anilines is 1. The van der Waals surface area contributed by atoms with Crippen molar-refractivity contribution >= 4 is 33.6 Å². The maximum Gasteiger partial charge on any atom is 0.248 e. The predicted molar refractivity (Wildman–Crippen MR) is 82.9 cm³/mol. The van der Waals surface area contributed by atoms with Crippen molar-refractivity contribution in [3.05, 3.63) is 70.0 Å². The summed E-state index contributed by atoms with van der Waals surface area (Å²) in [4.78, 5) is 11.8. The van der Waals surface area contributed by atoms with E-state index in [9.17, 15) is 9.18 Å². The fourth-order valence-corrected chi connectivity index (χ4v) is 2.26. The minimum absolute atomic E-state index is 0.308. The first kappa shape index (κ1) is 14.5. The van der Waals surface area contributed by atoms with Gasteiger partial charge in [0.2, 0.25) is 5.91 Å². The van der Waals surface area contributed by atoms with E-state index in [0.717, 1.165) is 10.0 Å². The van der Waals surface area contributed by atoms with Crippen molar-refractivity contribution in [1.29, 1.82) is 0 Å². The molecule has 2 aromatic rings. The van der Waals surface area contributed by atoms with Gasteiger partial charge in [0, 0.05) is 16.1 Å². The van der Waals surface area contributed by atoms with Gasteiger partial charge in [0.05, 0.1) is 5.69 Å². The summed E-state index contributed by atoms with van der Waals surface area (Å²) in [6.07, 6.45) is 2.76. The molecule has 1 amide bonds. The molecule has 4 heteroatoms. The van der Waals surface area contributed by atoms with Crippen molar-refractivity contribution in [2.24, 2.45) is 0 Å². The molecule has 2 nitrogen and oxygen atoms in total. The maximum absolute atomic E-state index is 13.4. The molecular weight excluding hydrogens is 321 g/mol. The number of carbonyl (C=O) groups is 1. The van der Waals surface area contributed by atoms with E-state index in [0.29, 0.717) is 11.3 Å². The standard InChI is InChI=1S/C16H13BrFNO/c1-11-6-8-15(13(17)10-11)19-16(20)9-7-12-4-2-3-5-14(12)18/h2-10H,1H3,(H,19,20)/b9-7+. The molecular formula is C16H13BrFNO. The Morgan fingerprint density at radius 3 is 2.70 bits per heavy atom. The highest BCUT2D eigenvalue weighted by atomic mass is 79.9. The maximum atomic E-state index is 13.4. The third-order valence-corrected chi connectivity index (χ3v) is 3.36. The van der Waals surface area contributed by atoms with Gasteiger partial charge >= 0.3 is 0 Å². The van der Waals surface area contributed by atoms with Crippen LogP contribution < -0.4 is 5.32 Å². The second kappa shape index (κ2) is 6.48. The van der Waals surface area contributed by atoms with Crippen molar-refractivity contribution in [2.75, 3.05) is 5.32 Å². The second-order valence-electron chi connectivity index (χ2n) is 4.33. The number of amides is 1. The van der Waals surface area contributed by atoms with E-state index >= 15 is 0 Å². The average molecular weight is 334 g/mol. The molecule has 20 heavy (non-hydrogen) atoms. The van der Waals surface area contributed by atoms with Crippen LogP contribution >= 0.6 is 15.9 Å². The van der Waals surface area contributed by atoms with Crippen LogP contribution in [0.4, 0.5) is 10.1 Å². The normalized spacial score (nSPS) is 10.8. The zero-order valence-electron chi connectivity index (χ0n) is 10.9. The molecule has 0 unspecified atom stereocenters. The van der Waals surface area contributed by atoms with E-state index in [2.05, 4.69) is 21.2 Å². The van der Waals surface area contributed by atoms with Crippen LogP contribution in [0.5, 0.6) is 0 Å². The Kier molecular flexibility index (Phi) is 4.69. The molecule has 0 aliphatic carbocycles. The Labute approximate surface area is 125 Å². The number of hydrogen-bond donors (Lipinski definition) is 1. The van der Waals surface area contributed by atoms with Crippen molar-refractivity contribution in [1.82, 2.24) is 0 Å². The van der Waals surface area contributed by atoms with Crippen LogP contribution in [0.2, 0.25) is 0 Å². The third-order valence-electron chi connectivity index (χ3n) is 2.70. The molecule has 0 radical (unpaired) electrons. The topological polar surface area (TPSA) is 29.1 Å². The minimum atomic E-state index is -0.354. The van der Waals surface area contributed by atoms with Gasteiger partial charge in [0.15, 0.2) is 0 Å². The summed E-state index contributed by atoms with van der Waals surface area (Å²) in [5.74, 6) is -0.661. The van der Waals surface area contributed by atoms with Gasteiger partial charge in [0.25, 0.3) is 0 Å². The summed E-state index contributed by atoms with van der Waals surface area (Å²) >= 11 is 3.38. The van der Waals surface area contributed by atoms with Crippen LogP contribution in [-0.4, -0.2) is 5.91 Å². The summed E-state index contributed by atoms with van der Waals surface area (Å²) in [5.41, 5.74) is 2.15. The van der Waals surface area contributed by atoms with Gasteiger partial charge in [-0.3, -0.25) is 4.79 Å². The quantitative estimate of drug-likeness (QED) is 0.820. The highest BCUT2D eigenvalue weighted by molar-refractivity contribution is 9.10. The molecule has 0 saturated heterocycles. The number of rotatable bonds is 3. The lowest BCUT2D eigenvalue weighted by molar-refractivity contribution is -0.111.